The van der Waals surface area contributed by atoms with E-state index >= 15 is 0 Å². The molecule has 6 heteroatoms. The number of fused-ring (bicyclic) bond motifs is 1. The summed E-state index contributed by atoms with van der Waals surface area (Å²) in [6, 6.07) is 14.8. The Morgan fingerprint density at radius 2 is 1.90 bits per heavy atom. The lowest BCUT2D eigenvalue weighted by Crippen LogP contribution is -2.22. The van der Waals surface area contributed by atoms with E-state index in [2.05, 4.69) is 48.1 Å². The second-order valence-corrected chi connectivity index (χ2v) is 7.29. The van der Waals surface area contributed by atoms with E-state index in [0.717, 1.165) is 30.3 Å². The number of imidazole rings is 1. The van der Waals surface area contributed by atoms with Crippen LogP contribution in [-0.4, -0.2) is 41.3 Å². The van der Waals surface area contributed by atoms with Gasteiger partial charge in [0.05, 0.1) is 12.9 Å². The van der Waals surface area contributed by atoms with Crippen LogP contribution in [0.15, 0.2) is 61.2 Å². The number of benzene rings is 2. The second kappa shape index (κ2) is 9.01. The van der Waals surface area contributed by atoms with Gasteiger partial charge in [0.15, 0.2) is 11.5 Å². The maximum Gasteiger partial charge on any atom is 0.161 e. The van der Waals surface area contributed by atoms with E-state index in [1.165, 1.54) is 11.1 Å². The van der Waals surface area contributed by atoms with Gasteiger partial charge in [0.25, 0.3) is 0 Å². The van der Waals surface area contributed by atoms with Gasteiger partial charge in [-0.3, -0.25) is 4.90 Å². The molecule has 0 aliphatic carbocycles. The van der Waals surface area contributed by atoms with E-state index in [4.69, 9.17) is 14.2 Å². The molecule has 3 aromatic rings. The second-order valence-electron chi connectivity index (χ2n) is 7.29. The summed E-state index contributed by atoms with van der Waals surface area (Å²) in [6.45, 7) is 5.70. The minimum absolute atomic E-state index is 0.261. The lowest BCUT2D eigenvalue weighted by atomic mass is 10.1. The predicted molar refractivity (Wildman–Crippen MR) is 111 cm³/mol. The maximum absolute atomic E-state index is 5.82. The van der Waals surface area contributed by atoms with Crippen molar-refractivity contribution < 1.29 is 14.2 Å². The fraction of sp³-hybridized carbons (Fsp3) is 0.348. The van der Waals surface area contributed by atoms with Gasteiger partial charge in [0, 0.05) is 25.0 Å². The van der Waals surface area contributed by atoms with Crippen LogP contribution in [0, 0.1) is 0 Å². The van der Waals surface area contributed by atoms with Crippen LogP contribution in [0.5, 0.6) is 17.2 Å². The van der Waals surface area contributed by atoms with Crippen LogP contribution in [0.3, 0.4) is 0 Å². The molecule has 4 rings (SSSR count). The van der Waals surface area contributed by atoms with Crippen molar-refractivity contribution in [2.75, 3.05) is 26.9 Å². The normalized spacial score (nSPS) is 14.0. The van der Waals surface area contributed by atoms with Crippen LogP contribution in [-0.2, 0) is 13.1 Å². The van der Waals surface area contributed by atoms with E-state index in [1.54, 1.807) is 12.5 Å². The molecule has 6 nitrogen and oxygen atoms in total. The number of ether oxygens (including phenoxy) is 3. The number of rotatable bonds is 8. The summed E-state index contributed by atoms with van der Waals surface area (Å²) in [5, 5.41) is 0. The van der Waals surface area contributed by atoms with Crippen molar-refractivity contribution in [1.29, 1.82) is 0 Å². The Bertz CT molecular complexity index is 910. The molecule has 1 aromatic heterocycles. The fourth-order valence-corrected chi connectivity index (χ4v) is 3.38. The highest BCUT2D eigenvalue weighted by atomic mass is 16.6. The zero-order valence-corrected chi connectivity index (χ0v) is 17.0. The topological polar surface area (TPSA) is 48.8 Å². The predicted octanol–water partition coefficient (Wildman–Crippen LogP) is 3.93. The minimum atomic E-state index is 0.261. The molecule has 152 valence electrons. The van der Waals surface area contributed by atoms with Gasteiger partial charge in [-0.05, 0) is 49.4 Å². The summed E-state index contributed by atoms with van der Waals surface area (Å²) < 4.78 is 19.2. The molecule has 0 bridgehead atoms. The van der Waals surface area contributed by atoms with Gasteiger partial charge in [0.2, 0.25) is 0 Å². The smallest absolute Gasteiger partial charge is 0.161 e. The SMILES string of the molecule is CC(c1ccc2c(c1)OCCO2)N(C)Cc1ccc(OCCn2ccnc2)cc1. The Labute approximate surface area is 171 Å². The first-order valence-corrected chi connectivity index (χ1v) is 9.96. The summed E-state index contributed by atoms with van der Waals surface area (Å²) in [5.74, 6) is 2.56. The van der Waals surface area contributed by atoms with Crippen molar-refractivity contribution in [1.82, 2.24) is 14.5 Å². The Morgan fingerprint density at radius 3 is 2.66 bits per heavy atom. The van der Waals surface area contributed by atoms with Crippen LogP contribution in [0.4, 0.5) is 0 Å². The third-order valence-electron chi connectivity index (χ3n) is 5.24. The molecule has 0 N–H and O–H groups in total. The third kappa shape index (κ3) is 4.90. The van der Waals surface area contributed by atoms with Gasteiger partial charge in [-0.25, -0.2) is 4.98 Å². The number of hydrogen-bond acceptors (Lipinski definition) is 5. The zero-order valence-electron chi connectivity index (χ0n) is 17.0. The molecule has 2 aromatic carbocycles. The van der Waals surface area contributed by atoms with Gasteiger partial charge in [-0.1, -0.05) is 18.2 Å². The third-order valence-corrected chi connectivity index (χ3v) is 5.24. The van der Waals surface area contributed by atoms with Crippen LogP contribution in [0.25, 0.3) is 0 Å². The molecule has 0 saturated carbocycles. The Kier molecular flexibility index (Phi) is 6.00. The number of hydrogen-bond donors (Lipinski definition) is 0. The van der Waals surface area contributed by atoms with Crippen LogP contribution in [0.2, 0.25) is 0 Å². The quantitative estimate of drug-likeness (QED) is 0.580. The first kappa shape index (κ1) is 19.3. The summed E-state index contributed by atoms with van der Waals surface area (Å²) in [5.41, 5.74) is 2.47. The summed E-state index contributed by atoms with van der Waals surface area (Å²) in [6.07, 6.45) is 5.51. The lowest BCUT2D eigenvalue weighted by Gasteiger charge is -2.27. The van der Waals surface area contributed by atoms with E-state index in [0.29, 0.717) is 19.8 Å². The highest BCUT2D eigenvalue weighted by Gasteiger charge is 2.17. The highest BCUT2D eigenvalue weighted by molar-refractivity contribution is 5.44. The highest BCUT2D eigenvalue weighted by Crippen LogP contribution is 2.34. The Hall–Kier alpha value is -2.99. The van der Waals surface area contributed by atoms with Crippen molar-refractivity contribution in [3.63, 3.8) is 0 Å². The average Bonchev–Trinajstić information content (AvgIpc) is 3.27. The summed E-state index contributed by atoms with van der Waals surface area (Å²) >= 11 is 0. The van der Waals surface area contributed by atoms with Crippen molar-refractivity contribution in [2.45, 2.75) is 26.1 Å². The molecule has 0 spiro atoms. The van der Waals surface area contributed by atoms with Crippen molar-refractivity contribution in [3.8, 4) is 17.2 Å². The fourth-order valence-electron chi connectivity index (χ4n) is 3.38. The minimum Gasteiger partial charge on any atom is -0.492 e. The molecule has 0 amide bonds. The first-order valence-electron chi connectivity index (χ1n) is 9.96. The number of nitrogens with zero attached hydrogens (tertiary/aromatic N) is 3. The first-order chi connectivity index (χ1) is 14.2. The standard InChI is InChI=1S/C23H27N3O3/c1-18(20-5-8-22-23(15-20)29-14-13-28-22)25(2)16-19-3-6-21(7-4-19)27-12-11-26-10-9-24-17-26/h3-10,15,17-18H,11-14,16H2,1-2H3. The van der Waals surface area contributed by atoms with Crippen LogP contribution >= 0.6 is 0 Å². The van der Waals surface area contributed by atoms with Crippen molar-refractivity contribution >= 4 is 0 Å². The molecule has 1 aliphatic heterocycles. The van der Waals surface area contributed by atoms with E-state index < -0.39 is 0 Å². The van der Waals surface area contributed by atoms with Crippen LogP contribution in [0.1, 0.15) is 24.1 Å². The molecular formula is C23H27N3O3. The summed E-state index contributed by atoms with van der Waals surface area (Å²) in [4.78, 5) is 6.35. The largest absolute Gasteiger partial charge is 0.492 e. The molecule has 0 fully saturated rings. The molecule has 1 aliphatic rings. The molecule has 1 atom stereocenters. The van der Waals surface area contributed by atoms with E-state index in [9.17, 15) is 0 Å². The van der Waals surface area contributed by atoms with E-state index in [-0.39, 0.29) is 6.04 Å². The average molecular weight is 393 g/mol. The molecule has 0 radical (unpaired) electrons. The van der Waals surface area contributed by atoms with Gasteiger partial charge < -0.3 is 18.8 Å². The Morgan fingerprint density at radius 1 is 1.10 bits per heavy atom. The maximum atomic E-state index is 5.82. The molecular weight excluding hydrogens is 366 g/mol. The monoisotopic (exact) mass is 393 g/mol. The molecule has 1 unspecified atom stereocenters. The number of aromatic nitrogens is 2. The van der Waals surface area contributed by atoms with Gasteiger partial charge in [-0.2, -0.15) is 0 Å². The van der Waals surface area contributed by atoms with Crippen LogP contribution < -0.4 is 14.2 Å². The van der Waals surface area contributed by atoms with Crippen molar-refractivity contribution in [3.05, 3.63) is 72.3 Å². The van der Waals surface area contributed by atoms with E-state index in [1.807, 2.05) is 29.0 Å². The van der Waals surface area contributed by atoms with Gasteiger partial charge >= 0.3 is 0 Å². The zero-order chi connectivity index (χ0) is 20.1. The Balaban J connectivity index is 1.31. The van der Waals surface area contributed by atoms with Gasteiger partial charge in [-0.15, -0.1) is 0 Å². The molecule has 29 heavy (non-hydrogen) atoms. The molecule has 2 heterocycles. The molecule has 0 saturated heterocycles. The van der Waals surface area contributed by atoms with Crippen molar-refractivity contribution in [2.24, 2.45) is 0 Å². The summed E-state index contributed by atoms with van der Waals surface area (Å²) in [7, 11) is 2.14. The lowest BCUT2D eigenvalue weighted by molar-refractivity contribution is 0.170. The van der Waals surface area contributed by atoms with Gasteiger partial charge in [0.1, 0.15) is 25.6 Å².